The summed E-state index contributed by atoms with van der Waals surface area (Å²) in [6.07, 6.45) is 0. The Kier molecular flexibility index (Phi) is 5.56. The fraction of sp³-hybridized carbons (Fsp3) is 0.462. The van der Waals surface area contributed by atoms with E-state index in [1.807, 2.05) is 0 Å². The predicted molar refractivity (Wildman–Crippen MR) is 76.6 cm³/mol. The lowest BCUT2D eigenvalue weighted by atomic mass is 10.2. The smallest absolute Gasteiger partial charge is 0.339 e. The van der Waals surface area contributed by atoms with Crippen LogP contribution in [0.5, 0.6) is 11.5 Å². The number of benzene rings is 1. The van der Waals surface area contributed by atoms with Crippen molar-refractivity contribution in [3.8, 4) is 11.5 Å². The molecule has 0 saturated heterocycles. The highest BCUT2D eigenvalue weighted by Gasteiger charge is 2.27. The highest BCUT2D eigenvalue weighted by molar-refractivity contribution is 7.89. The molecule has 1 N–H and O–H groups in total. The average Bonchev–Trinajstić information content (AvgIpc) is 2.46. The summed E-state index contributed by atoms with van der Waals surface area (Å²) in [5.41, 5.74) is -0.261. The number of rotatable bonds is 7. The normalized spacial score (nSPS) is 11.5. The van der Waals surface area contributed by atoms with Crippen LogP contribution in [-0.4, -0.2) is 51.1 Å². The molecule has 8 heteroatoms. The Balaban J connectivity index is 3.59. The van der Waals surface area contributed by atoms with Gasteiger partial charge in [-0.3, -0.25) is 0 Å². The first kappa shape index (κ1) is 17.3. The second kappa shape index (κ2) is 6.77. The molecule has 1 rings (SSSR count). The van der Waals surface area contributed by atoms with E-state index in [0.29, 0.717) is 0 Å². The molecule has 0 aromatic heterocycles. The second-order valence-electron chi connectivity index (χ2n) is 4.10. The van der Waals surface area contributed by atoms with Crippen LogP contribution in [0.4, 0.5) is 0 Å². The van der Waals surface area contributed by atoms with Gasteiger partial charge in [-0.25, -0.2) is 13.2 Å². The number of ether oxygens (including phenoxy) is 2. The third kappa shape index (κ3) is 3.27. The highest BCUT2D eigenvalue weighted by atomic mass is 32.2. The number of carboxylic acid groups (broad SMARTS) is 1. The lowest BCUT2D eigenvalue weighted by Gasteiger charge is -2.20. The minimum absolute atomic E-state index is 0.0107. The van der Waals surface area contributed by atoms with Crippen LogP contribution in [0.15, 0.2) is 17.0 Å². The summed E-state index contributed by atoms with van der Waals surface area (Å²) < 4.78 is 36.2. The van der Waals surface area contributed by atoms with Crippen molar-refractivity contribution in [1.29, 1.82) is 0 Å². The van der Waals surface area contributed by atoms with Gasteiger partial charge in [0, 0.05) is 19.2 Å². The number of methoxy groups -OCH3 is 2. The topological polar surface area (TPSA) is 93.1 Å². The number of hydrogen-bond acceptors (Lipinski definition) is 5. The first-order chi connectivity index (χ1) is 9.83. The first-order valence-electron chi connectivity index (χ1n) is 6.32. The van der Waals surface area contributed by atoms with Crippen LogP contribution in [0, 0.1) is 0 Å². The molecular weight excluding hydrogens is 298 g/mol. The molecule has 0 amide bonds. The lowest BCUT2D eigenvalue weighted by molar-refractivity contribution is 0.0692. The van der Waals surface area contributed by atoms with Gasteiger partial charge in [0.05, 0.1) is 19.1 Å². The largest absolute Gasteiger partial charge is 0.493 e. The lowest BCUT2D eigenvalue weighted by Crippen LogP contribution is -2.30. The minimum atomic E-state index is -3.78. The molecule has 0 aliphatic rings. The molecule has 0 saturated carbocycles. The summed E-state index contributed by atoms with van der Waals surface area (Å²) in [4.78, 5) is 11.2. The maximum Gasteiger partial charge on any atom is 0.339 e. The summed E-state index contributed by atoms with van der Waals surface area (Å²) in [5, 5.41) is 9.22. The first-order valence-corrected chi connectivity index (χ1v) is 7.76. The van der Waals surface area contributed by atoms with Gasteiger partial charge in [0.2, 0.25) is 10.0 Å². The van der Waals surface area contributed by atoms with Gasteiger partial charge in [-0.1, -0.05) is 13.8 Å². The van der Waals surface area contributed by atoms with Crippen LogP contribution in [0.1, 0.15) is 24.2 Å². The quantitative estimate of drug-likeness (QED) is 0.818. The zero-order chi connectivity index (χ0) is 16.2. The van der Waals surface area contributed by atoms with Crippen LogP contribution in [0.25, 0.3) is 0 Å². The molecule has 0 heterocycles. The van der Waals surface area contributed by atoms with Gasteiger partial charge in [-0.2, -0.15) is 4.31 Å². The average molecular weight is 317 g/mol. The van der Waals surface area contributed by atoms with E-state index in [4.69, 9.17) is 9.47 Å². The van der Waals surface area contributed by atoms with E-state index in [1.54, 1.807) is 13.8 Å². The van der Waals surface area contributed by atoms with E-state index >= 15 is 0 Å². The molecule has 0 atom stereocenters. The van der Waals surface area contributed by atoms with Crippen molar-refractivity contribution in [3.05, 3.63) is 17.7 Å². The SMILES string of the molecule is CCN(CC)S(=O)(=O)c1cc(OC)c(OC)c(C(=O)O)c1. The molecule has 21 heavy (non-hydrogen) atoms. The van der Waals surface area contributed by atoms with Crippen molar-refractivity contribution in [2.45, 2.75) is 18.7 Å². The fourth-order valence-electron chi connectivity index (χ4n) is 1.96. The molecule has 7 nitrogen and oxygen atoms in total. The van der Waals surface area contributed by atoms with Gasteiger partial charge in [-0.15, -0.1) is 0 Å². The molecule has 1 aromatic rings. The number of carboxylic acids is 1. The van der Waals surface area contributed by atoms with Crippen molar-refractivity contribution < 1.29 is 27.8 Å². The molecule has 118 valence electrons. The van der Waals surface area contributed by atoms with E-state index in [1.165, 1.54) is 24.6 Å². The Morgan fingerprint density at radius 3 is 2.14 bits per heavy atom. The Morgan fingerprint density at radius 2 is 1.76 bits per heavy atom. The van der Waals surface area contributed by atoms with Crippen LogP contribution >= 0.6 is 0 Å². The molecule has 1 aromatic carbocycles. The van der Waals surface area contributed by atoms with E-state index in [9.17, 15) is 18.3 Å². The number of hydrogen-bond donors (Lipinski definition) is 1. The van der Waals surface area contributed by atoms with Gasteiger partial charge in [-0.05, 0) is 6.07 Å². The minimum Gasteiger partial charge on any atom is -0.493 e. The Bertz CT molecular complexity index is 622. The van der Waals surface area contributed by atoms with Gasteiger partial charge in [0.25, 0.3) is 0 Å². The van der Waals surface area contributed by atoms with Crippen molar-refractivity contribution in [2.75, 3.05) is 27.3 Å². The third-order valence-corrected chi connectivity index (χ3v) is 5.05. The summed E-state index contributed by atoms with van der Waals surface area (Å²) in [5.74, 6) is -1.24. The van der Waals surface area contributed by atoms with E-state index in [-0.39, 0.29) is 35.0 Å². The van der Waals surface area contributed by atoms with Gasteiger partial charge >= 0.3 is 5.97 Å². The maximum absolute atomic E-state index is 12.5. The Morgan fingerprint density at radius 1 is 1.19 bits per heavy atom. The summed E-state index contributed by atoms with van der Waals surface area (Å²) in [7, 11) is -1.17. The van der Waals surface area contributed by atoms with Crippen molar-refractivity contribution >= 4 is 16.0 Å². The summed E-state index contributed by atoms with van der Waals surface area (Å²) in [6.45, 7) is 3.99. The van der Waals surface area contributed by atoms with E-state index < -0.39 is 16.0 Å². The van der Waals surface area contributed by atoms with Crippen LogP contribution < -0.4 is 9.47 Å². The van der Waals surface area contributed by atoms with Crippen molar-refractivity contribution in [1.82, 2.24) is 4.31 Å². The molecule has 0 bridgehead atoms. The Hall–Kier alpha value is -1.80. The number of aromatic carboxylic acids is 1. The standard InChI is InChI=1S/C13H19NO6S/c1-5-14(6-2)21(17,18)9-7-10(13(15)16)12(20-4)11(8-9)19-3/h7-8H,5-6H2,1-4H3,(H,15,16). The fourth-order valence-corrected chi connectivity index (χ4v) is 3.46. The second-order valence-corrected chi connectivity index (χ2v) is 6.04. The van der Waals surface area contributed by atoms with E-state index in [2.05, 4.69) is 0 Å². The van der Waals surface area contributed by atoms with Gasteiger partial charge < -0.3 is 14.6 Å². The van der Waals surface area contributed by atoms with E-state index in [0.717, 1.165) is 6.07 Å². The Labute approximate surface area is 124 Å². The summed E-state index contributed by atoms with van der Waals surface area (Å²) >= 11 is 0. The third-order valence-electron chi connectivity index (χ3n) is 3.03. The van der Waals surface area contributed by atoms with Gasteiger partial charge in [0.1, 0.15) is 5.56 Å². The molecule has 0 aliphatic carbocycles. The zero-order valence-electron chi connectivity index (χ0n) is 12.4. The molecule has 0 unspecified atom stereocenters. The van der Waals surface area contributed by atoms with Crippen LogP contribution in [-0.2, 0) is 10.0 Å². The molecule has 0 spiro atoms. The monoisotopic (exact) mass is 317 g/mol. The van der Waals surface area contributed by atoms with Crippen molar-refractivity contribution in [3.63, 3.8) is 0 Å². The predicted octanol–water partition coefficient (Wildman–Crippen LogP) is 1.43. The van der Waals surface area contributed by atoms with Crippen LogP contribution in [0.3, 0.4) is 0 Å². The number of sulfonamides is 1. The molecule has 0 aliphatic heterocycles. The summed E-state index contributed by atoms with van der Waals surface area (Å²) in [6, 6.07) is 2.34. The highest BCUT2D eigenvalue weighted by Crippen LogP contribution is 2.35. The van der Waals surface area contributed by atoms with Gasteiger partial charge in [0.15, 0.2) is 11.5 Å². The number of carbonyl (C=O) groups is 1. The molecule has 0 radical (unpaired) electrons. The molecular formula is C13H19NO6S. The zero-order valence-corrected chi connectivity index (χ0v) is 13.2. The van der Waals surface area contributed by atoms with Crippen molar-refractivity contribution in [2.24, 2.45) is 0 Å². The maximum atomic E-state index is 12.5. The molecule has 0 fully saturated rings. The number of nitrogens with zero attached hydrogens (tertiary/aromatic N) is 1. The van der Waals surface area contributed by atoms with Crippen LogP contribution in [0.2, 0.25) is 0 Å².